The molecule has 0 bridgehead atoms. The number of aromatic nitrogens is 1. The van der Waals surface area contributed by atoms with E-state index in [1.54, 1.807) is 0 Å². The zero-order valence-corrected chi connectivity index (χ0v) is 13.7. The molecule has 1 aliphatic rings. The van der Waals surface area contributed by atoms with E-state index in [0.717, 1.165) is 25.2 Å². The monoisotopic (exact) mass is 342 g/mol. The first kappa shape index (κ1) is 16.7. The maximum absolute atomic E-state index is 11.5. The second kappa shape index (κ2) is 7.16. The molecule has 1 unspecified atom stereocenters. The second-order valence-corrected chi connectivity index (χ2v) is 5.75. The minimum atomic E-state index is -0.654. The van der Waals surface area contributed by atoms with Gasteiger partial charge in [-0.05, 0) is 18.6 Å². The Morgan fingerprint density at radius 3 is 2.84 bits per heavy atom. The van der Waals surface area contributed by atoms with Crippen LogP contribution in [-0.4, -0.2) is 42.1 Å². The summed E-state index contributed by atoms with van der Waals surface area (Å²) in [5, 5.41) is 14.4. The molecule has 1 aromatic carbocycles. The lowest BCUT2D eigenvalue weighted by Crippen LogP contribution is -2.26. The van der Waals surface area contributed by atoms with Crippen molar-refractivity contribution < 1.29 is 14.5 Å². The van der Waals surface area contributed by atoms with E-state index in [0.29, 0.717) is 0 Å². The zero-order chi connectivity index (χ0) is 17.8. The van der Waals surface area contributed by atoms with Crippen LogP contribution >= 0.6 is 0 Å². The van der Waals surface area contributed by atoms with E-state index in [4.69, 9.17) is 0 Å². The molecular formula is C17H18N4O4. The zero-order valence-electron chi connectivity index (χ0n) is 13.7. The highest BCUT2D eigenvalue weighted by molar-refractivity contribution is 5.90. The van der Waals surface area contributed by atoms with E-state index in [2.05, 4.69) is 19.9 Å². The Balaban J connectivity index is 1.75. The molecule has 0 aliphatic carbocycles. The number of carbonyl (C=O) groups excluding carboxylic acids is 1. The lowest BCUT2D eigenvalue weighted by molar-refractivity contribution is -0.384. The Hall–Kier alpha value is -3.16. The van der Waals surface area contributed by atoms with Crippen molar-refractivity contribution >= 4 is 23.2 Å². The number of nitrogens with one attached hydrogen (secondary N) is 1. The number of para-hydroxylation sites is 1. The highest BCUT2D eigenvalue weighted by Crippen LogP contribution is 2.27. The summed E-state index contributed by atoms with van der Waals surface area (Å²) in [4.78, 5) is 28.6. The molecule has 8 heteroatoms. The molecule has 1 saturated heterocycles. The van der Waals surface area contributed by atoms with Crippen molar-refractivity contribution in [3.8, 4) is 0 Å². The summed E-state index contributed by atoms with van der Waals surface area (Å²) in [6.45, 7) is 1.58. The summed E-state index contributed by atoms with van der Waals surface area (Å²) in [6, 6.07) is 11.2. The van der Waals surface area contributed by atoms with Gasteiger partial charge in [-0.3, -0.25) is 10.1 Å². The first-order chi connectivity index (χ1) is 12.1. The summed E-state index contributed by atoms with van der Waals surface area (Å²) >= 11 is 0. The summed E-state index contributed by atoms with van der Waals surface area (Å²) in [6.07, 6.45) is 2.12. The molecule has 2 heterocycles. The summed E-state index contributed by atoms with van der Waals surface area (Å²) in [7, 11) is 1.22. The molecule has 25 heavy (non-hydrogen) atoms. The maximum Gasteiger partial charge on any atom is 0.339 e. The van der Waals surface area contributed by atoms with E-state index in [1.165, 1.54) is 19.4 Å². The van der Waals surface area contributed by atoms with Gasteiger partial charge in [-0.25, -0.2) is 9.78 Å². The van der Waals surface area contributed by atoms with Gasteiger partial charge in [-0.2, -0.15) is 0 Å². The molecule has 3 rings (SSSR count). The van der Waals surface area contributed by atoms with Crippen LogP contribution in [0.1, 0.15) is 16.8 Å². The SMILES string of the molecule is COC(=O)c1cnc(NC2CCN(c3ccccc3)C2)c([N+](=O)[O-])c1. The van der Waals surface area contributed by atoms with Crippen molar-refractivity contribution in [2.75, 3.05) is 30.4 Å². The van der Waals surface area contributed by atoms with Crippen LogP contribution in [0.3, 0.4) is 0 Å². The number of pyridine rings is 1. The average molecular weight is 342 g/mol. The van der Waals surface area contributed by atoms with Crippen LogP contribution in [-0.2, 0) is 4.74 Å². The highest BCUT2D eigenvalue weighted by Gasteiger charge is 2.26. The molecular weight excluding hydrogens is 324 g/mol. The molecule has 130 valence electrons. The number of esters is 1. The van der Waals surface area contributed by atoms with E-state index >= 15 is 0 Å². The predicted molar refractivity (Wildman–Crippen MR) is 92.9 cm³/mol. The third kappa shape index (κ3) is 3.68. The van der Waals surface area contributed by atoms with Gasteiger partial charge in [0, 0.05) is 37.1 Å². The van der Waals surface area contributed by atoms with Gasteiger partial charge in [0.05, 0.1) is 17.6 Å². The topological polar surface area (TPSA) is 97.6 Å². The number of hydrogen-bond donors (Lipinski definition) is 1. The molecule has 1 aliphatic heterocycles. The molecule has 0 amide bonds. The van der Waals surface area contributed by atoms with Gasteiger partial charge < -0.3 is 15.0 Å². The summed E-state index contributed by atoms with van der Waals surface area (Å²) < 4.78 is 4.58. The third-order valence-corrected chi connectivity index (χ3v) is 4.14. The number of nitro groups is 1. The fraction of sp³-hybridized carbons (Fsp3) is 0.294. The Kier molecular flexibility index (Phi) is 4.78. The molecule has 0 spiro atoms. The van der Waals surface area contributed by atoms with Gasteiger partial charge >= 0.3 is 11.7 Å². The smallest absolute Gasteiger partial charge is 0.339 e. The van der Waals surface area contributed by atoms with Crippen LogP contribution in [0.4, 0.5) is 17.2 Å². The number of nitrogens with zero attached hydrogens (tertiary/aromatic N) is 3. The van der Waals surface area contributed by atoms with E-state index < -0.39 is 10.9 Å². The fourth-order valence-electron chi connectivity index (χ4n) is 2.88. The molecule has 1 aromatic heterocycles. The van der Waals surface area contributed by atoms with Crippen LogP contribution in [0.5, 0.6) is 0 Å². The van der Waals surface area contributed by atoms with Crippen LogP contribution in [0, 0.1) is 10.1 Å². The molecule has 0 radical (unpaired) electrons. The van der Waals surface area contributed by atoms with Gasteiger partial charge in [0.15, 0.2) is 0 Å². The van der Waals surface area contributed by atoms with Crippen LogP contribution in [0.2, 0.25) is 0 Å². The standard InChI is InChI=1S/C17H18N4O4/c1-25-17(22)12-9-15(21(23)24)16(18-10-12)19-13-7-8-20(11-13)14-5-3-2-4-6-14/h2-6,9-10,13H,7-8,11H2,1H3,(H,18,19). The lowest BCUT2D eigenvalue weighted by atomic mass is 10.2. The van der Waals surface area contributed by atoms with Crippen LogP contribution in [0.15, 0.2) is 42.6 Å². The molecule has 0 saturated carbocycles. The van der Waals surface area contributed by atoms with Crippen molar-refractivity contribution in [1.82, 2.24) is 4.98 Å². The Morgan fingerprint density at radius 2 is 2.16 bits per heavy atom. The van der Waals surface area contributed by atoms with E-state index in [9.17, 15) is 14.9 Å². The van der Waals surface area contributed by atoms with Crippen molar-refractivity contribution in [2.45, 2.75) is 12.5 Å². The van der Waals surface area contributed by atoms with Crippen molar-refractivity contribution in [3.05, 3.63) is 58.3 Å². The minimum Gasteiger partial charge on any atom is -0.465 e. The largest absolute Gasteiger partial charge is 0.465 e. The Bertz CT molecular complexity index is 781. The number of carbonyl (C=O) groups is 1. The first-order valence-corrected chi connectivity index (χ1v) is 7.88. The molecule has 1 fully saturated rings. The normalized spacial score (nSPS) is 16.5. The molecule has 2 aromatic rings. The van der Waals surface area contributed by atoms with E-state index in [1.807, 2.05) is 30.3 Å². The number of hydrogen-bond acceptors (Lipinski definition) is 7. The summed E-state index contributed by atoms with van der Waals surface area (Å²) in [5.74, 6) is -0.490. The quantitative estimate of drug-likeness (QED) is 0.506. The number of ether oxygens (including phenoxy) is 1. The molecule has 8 nitrogen and oxygen atoms in total. The van der Waals surface area contributed by atoms with Crippen LogP contribution in [0.25, 0.3) is 0 Å². The molecule has 1 N–H and O–H groups in total. The minimum absolute atomic E-state index is 0.0374. The lowest BCUT2D eigenvalue weighted by Gasteiger charge is -2.19. The van der Waals surface area contributed by atoms with Gasteiger partial charge in [-0.15, -0.1) is 0 Å². The first-order valence-electron chi connectivity index (χ1n) is 7.88. The number of benzene rings is 1. The van der Waals surface area contributed by atoms with Crippen molar-refractivity contribution in [1.29, 1.82) is 0 Å². The van der Waals surface area contributed by atoms with Gasteiger partial charge in [0.1, 0.15) is 0 Å². The van der Waals surface area contributed by atoms with Gasteiger partial charge in [0.25, 0.3) is 0 Å². The maximum atomic E-state index is 11.5. The van der Waals surface area contributed by atoms with Gasteiger partial charge in [-0.1, -0.05) is 18.2 Å². The Morgan fingerprint density at radius 1 is 1.40 bits per heavy atom. The third-order valence-electron chi connectivity index (χ3n) is 4.14. The highest BCUT2D eigenvalue weighted by atomic mass is 16.6. The number of methoxy groups -OCH3 is 1. The summed E-state index contributed by atoms with van der Waals surface area (Å²) in [5.41, 5.74) is 0.938. The molecule has 1 atom stereocenters. The number of anilines is 2. The second-order valence-electron chi connectivity index (χ2n) is 5.75. The average Bonchev–Trinajstić information content (AvgIpc) is 3.10. The Labute approximate surface area is 144 Å². The fourth-order valence-corrected chi connectivity index (χ4v) is 2.88. The van der Waals surface area contributed by atoms with Crippen molar-refractivity contribution in [3.63, 3.8) is 0 Å². The van der Waals surface area contributed by atoms with Crippen LogP contribution < -0.4 is 10.2 Å². The number of rotatable bonds is 5. The predicted octanol–water partition coefficient (Wildman–Crippen LogP) is 2.47. The van der Waals surface area contributed by atoms with E-state index in [-0.39, 0.29) is 23.1 Å². The van der Waals surface area contributed by atoms with Gasteiger partial charge in [0.2, 0.25) is 5.82 Å². The van der Waals surface area contributed by atoms with Crippen molar-refractivity contribution in [2.24, 2.45) is 0 Å².